The van der Waals surface area contributed by atoms with Crippen molar-refractivity contribution in [2.24, 2.45) is 11.8 Å². The Morgan fingerprint density at radius 1 is 1.08 bits per heavy atom. The number of nitrogens with zero attached hydrogens (tertiary/aromatic N) is 2. The first-order valence-corrected chi connectivity index (χ1v) is 13.9. The number of rotatable bonds is 7. The average molecular weight is 512 g/mol. The van der Waals surface area contributed by atoms with Crippen LogP contribution in [0, 0.1) is 32.6 Å². The van der Waals surface area contributed by atoms with Gasteiger partial charge in [0.25, 0.3) is 5.91 Å². The van der Waals surface area contributed by atoms with E-state index in [0.717, 1.165) is 67.1 Å². The van der Waals surface area contributed by atoms with E-state index in [0.29, 0.717) is 25.0 Å². The Labute approximate surface area is 217 Å². The summed E-state index contributed by atoms with van der Waals surface area (Å²) in [6.07, 6.45) is 1.04. The van der Waals surface area contributed by atoms with Crippen LogP contribution in [-0.4, -0.2) is 73.8 Å². The lowest BCUT2D eigenvalue weighted by Crippen LogP contribution is -2.36. The molecule has 4 heterocycles. The Hall–Kier alpha value is -2.42. The molecule has 3 saturated heterocycles. The molecule has 4 atom stereocenters. The number of nitrogens with one attached hydrogen (secondary N) is 1. The molecule has 0 radical (unpaired) electrons. The summed E-state index contributed by atoms with van der Waals surface area (Å²) in [4.78, 5) is 32.8. The van der Waals surface area contributed by atoms with Crippen LogP contribution in [-0.2, 0) is 9.47 Å². The Kier molecular flexibility index (Phi) is 7.65. The highest BCUT2D eigenvalue weighted by Crippen LogP contribution is 2.35. The lowest BCUT2D eigenvalue weighted by molar-refractivity contribution is 0.0773. The minimum absolute atomic E-state index is 0.104. The number of thiophene rings is 1. The Morgan fingerprint density at radius 2 is 1.81 bits per heavy atom. The van der Waals surface area contributed by atoms with Gasteiger partial charge in [0, 0.05) is 48.9 Å². The van der Waals surface area contributed by atoms with Crippen LogP contribution < -0.4 is 5.32 Å². The molecule has 1 N–H and O–H groups in total. The van der Waals surface area contributed by atoms with Gasteiger partial charge < -0.3 is 24.6 Å². The molecule has 3 aliphatic heterocycles. The fraction of sp³-hybridized carbons (Fsp3) is 0.571. The molecule has 0 bridgehead atoms. The molecule has 0 spiro atoms. The number of carbonyl (C=O) groups excluding carboxylic acids is 2. The van der Waals surface area contributed by atoms with E-state index in [4.69, 9.17) is 9.47 Å². The molecule has 2 aromatic rings. The molecule has 0 aliphatic carbocycles. The number of carbonyl (C=O) groups is 2. The second-order valence-corrected chi connectivity index (χ2v) is 11.9. The van der Waals surface area contributed by atoms with E-state index in [1.807, 2.05) is 18.2 Å². The summed E-state index contributed by atoms with van der Waals surface area (Å²) in [6, 6.07) is 10.0. The third kappa shape index (κ3) is 5.45. The molecule has 3 aliphatic rings. The summed E-state index contributed by atoms with van der Waals surface area (Å²) >= 11 is 1.72. The number of amides is 2. The highest BCUT2D eigenvalue weighted by atomic mass is 32.1. The van der Waals surface area contributed by atoms with Crippen LogP contribution in [0.5, 0.6) is 0 Å². The second kappa shape index (κ2) is 10.9. The Bertz CT molecular complexity index is 1070. The van der Waals surface area contributed by atoms with Gasteiger partial charge in [0.05, 0.1) is 24.8 Å². The number of hydrogen-bond acceptors (Lipinski definition) is 6. The van der Waals surface area contributed by atoms with Crippen LogP contribution in [0.15, 0.2) is 30.3 Å². The van der Waals surface area contributed by atoms with Gasteiger partial charge in [-0.1, -0.05) is 30.3 Å². The van der Waals surface area contributed by atoms with Crippen molar-refractivity contribution in [3.8, 4) is 0 Å². The van der Waals surface area contributed by atoms with Gasteiger partial charge in [-0.15, -0.1) is 11.3 Å². The van der Waals surface area contributed by atoms with Crippen LogP contribution in [0.25, 0.3) is 0 Å². The third-order valence-electron chi connectivity index (χ3n) is 8.01. The van der Waals surface area contributed by atoms with E-state index >= 15 is 0 Å². The predicted octanol–water partition coefficient (Wildman–Crippen LogP) is 4.32. The van der Waals surface area contributed by atoms with Crippen molar-refractivity contribution < 1.29 is 19.1 Å². The van der Waals surface area contributed by atoms with Gasteiger partial charge in [-0.3, -0.25) is 4.79 Å². The van der Waals surface area contributed by atoms with Crippen LogP contribution in [0.2, 0.25) is 0 Å². The minimum Gasteiger partial charge on any atom is -0.444 e. The Morgan fingerprint density at radius 3 is 2.42 bits per heavy atom. The molecule has 1 aromatic carbocycles. The standard InChI is InChI=1S/C28H37N3O4S/c1-18-19(2)36-20(3)26(18)27(32)31-15-22-13-30(14-23(22)16-31)11-9-25(21-7-5-4-6-8-21)29-28(33)35-24-10-12-34-17-24/h4-8,22-25H,9-17H2,1-3H3,(H,29,33)/t22-,23?,24-,25?/m0/s1. The van der Waals surface area contributed by atoms with E-state index in [9.17, 15) is 9.59 Å². The first kappa shape index (κ1) is 25.2. The van der Waals surface area contributed by atoms with Gasteiger partial charge in [-0.25, -0.2) is 4.79 Å². The highest BCUT2D eigenvalue weighted by Gasteiger charge is 2.42. The first-order valence-electron chi connectivity index (χ1n) is 13.1. The smallest absolute Gasteiger partial charge is 0.407 e. The highest BCUT2D eigenvalue weighted by molar-refractivity contribution is 7.12. The lowest BCUT2D eigenvalue weighted by atomic mass is 10.0. The summed E-state index contributed by atoms with van der Waals surface area (Å²) in [5, 5.41) is 3.09. The number of ether oxygens (including phenoxy) is 2. The maximum atomic E-state index is 13.3. The minimum atomic E-state index is -0.374. The molecule has 36 heavy (non-hydrogen) atoms. The zero-order chi connectivity index (χ0) is 25.2. The molecular formula is C28H37N3O4S. The average Bonchev–Trinajstić information content (AvgIpc) is 3.62. The molecular weight excluding hydrogens is 474 g/mol. The summed E-state index contributed by atoms with van der Waals surface area (Å²) in [5.41, 5.74) is 3.15. The van der Waals surface area contributed by atoms with Crippen molar-refractivity contribution in [1.29, 1.82) is 0 Å². The van der Waals surface area contributed by atoms with E-state index in [1.54, 1.807) is 11.3 Å². The molecule has 1 aromatic heterocycles. The largest absolute Gasteiger partial charge is 0.444 e. The van der Waals surface area contributed by atoms with Gasteiger partial charge in [0.2, 0.25) is 0 Å². The monoisotopic (exact) mass is 511 g/mol. The second-order valence-electron chi connectivity index (χ2n) is 10.5. The van der Waals surface area contributed by atoms with Crippen molar-refractivity contribution >= 4 is 23.3 Å². The molecule has 2 amide bonds. The number of hydrogen-bond donors (Lipinski definition) is 1. The number of fused-ring (bicyclic) bond motifs is 1. The third-order valence-corrected chi connectivity index (χ3v) is 9.14. The van der Waals surface area contributed by atoms with Crippen molar-refractivity contribution in [3.63, 3.8) is 0 Å². The van der Waals surface area contributed by atoms with Gasteiger partial charge in [0.1, 0.15) is 6.10 Å². The molecule has 7 nitrogen and oxygen atoms in total. The molecule has 3 fully saturated rings. The van der Waals surface area contributed by atoms with E-state index < -0.39 is 0 Å². The SMILES string of the molecule is Cc1sc(C)c(C(=O)N2CC3CN(CCC(NC(=O)O[C@H]4CCOC4)c4ccccc4)C[C@H]3C2)c1C. The quantitative estimate of drug-likeness (QED) is 0.599. The van der Waals surface area contributed by atoms with E-state index in [1.165, 1.54) is 4.88 Å². The summed E-state index contributed by atoms with van der Waals surface area (Å²) in [7, 11) is 0. The van der Waals surface area contributed by atoms with Gasteiger partial charge in [0.15, 0.2) is 0 Å². The molecule has 8 heteroatoms. The van der Waals surface area contributed by atoms with Gasteiger partial charge >= 0.3 is 6.09 Å². The van der Waals surface area contributed by atoms with Crippen molar-refractivity contribution in [3.05, 3.63) is 56.8 Å². The van der Waals surface area contributed by atoms with Crippen molar-refractivity contribution in [1.82, 2.24) is 15.1 Å². The van der Waals surface area contributed by atoms with Crippen molar-refractivity contribution in [2.45, 2.75) is 45.8 Å². The number of likely N-dealkylation sites (tertiary alicyclic amines) is 2. The molecule has 5 rings (SSSR count). The van der Waals surface area contributed by atoms with Crippen LogP contribution in [0.1, 0.15) is 50.1 Å². The molecule has 2 unspecified atom stereocenters. The van der Waals surface area contributed by atoms with Crippen LogP contribution >= 0.6 is 11.3 Å². The maximum absolute atomic E-state index is 13.3. The Balaban J connectivity index is 1.15. The van der Waals surface area contributed by atoms with Gasteiger partial charge in [-0.2, -0.15) is 0 Å². The van der Waals surface area contributed by atoms with E-state index in [2.05, 4.69) is 48.0 Å². The molecule has 194 valence electrons. The number of benzene rings is 1. The topological polar surface area (TPSA) is 71.1 Å². The van der Waals surface area contributed by atoms with Gasteiger partial charge in [-0.05, 0) is 50.2 Å². The van der Waals surface area contributed by atoms with Crippen LogP contribution in [0.4, 0.5) is 4.79 Å². The summed E-state index contributed by atoms with van der Waals surface area (Å²) < 4.78 is 10.9. The zero-order valence-corrected chi connectivity index (χ0v) is 22.3. The number of alkyl carbamates (subject to hydrolysis) is 1. The van der Waals surface area contributed by atoms with Crippen molar-refractivity contribution in [2.75, 3.05) is 45.9 Å². The predicted molar refractivity (Wildman–Crippen MR) is 140 cm³/mol. The fourth-order valence-electron chi connectivity index (χ4n) is 5.96. The normalized spacial score (nSPS) is 24.6. The van der Waals surface area contributed by atoms with Crippen LogP contribution in [0.3, 0.4) is 0 Å². The zero-order valence-electron chi connectivity index (χ0n) is 21.5. The lowest BCUT2D eigenvalue weighted by Gasteiger charge is -2.25. The molecule has 0 saturated carbocycles. The van der Waals surface area contributed by atoms with E-state index in [-0.39, 0.29) is 24.1 Å². The summed E-state index contributed by atoms with van der Waals surface area (Å²) in [6.45, 7) is 11.9. The number of aryl methyl sites for hydroxylation is 2. The fourth-order valence-corrected chi connectivity index (χ4v) is 7.01. The first-order chi connectivity index (χ1) is 17.4. The maximum Gasteiger partial charge on any atom is 0.407 e. The summed E-state index contributed by atoms with van der Waals surface area (Å²) in [5.74, 6) is 1.24.